The number of halogens is 4. The van der Waals surface area contributed by atoms with Crippen LogP contribution in [0.2, 0.25) is 0 Å². The SMILES string of the molecule is CCCC(O)C1CCC(c2ccc(OCC3CCC(c4ccc(O)c(F)c4F)CC3)c(F)c2F)CC1. The molecule has 0 bridgehead atoms. The highest BCUT2D eigenvalue weighted by Crippen LogP contribution is 2.41. The molecule has 2 N–H and O–H groups in total. The predicted molar refractivity (Wildman–Crippen MR) is 130 cm³/mol. The van der Waals surface area contributed by atoms with Crippen LogP contribution in [-0.4, -0.2) is 22.9 Å². The molecule has 7 heteroatoms. The number of aromatic hydroxyl groups is 1. The summed E-state index contributed by atoms with van der Waals surface area (Å²) in [6.07, 6.45) is 7.13. The highest BCUT2D eigenvalue weighted by molar-refractivity contribution is 5.34. The van der Waals surface area contributed by atoms with E-state index in [9.17, 15) is 27.8 Å². The molecule has 2 aromatic rings. The summed E-state index contributed by atoms with van der Waals surface area (Å²) >= 11 is 0. The minimum absolute atomic E-state index is 0.0564. The zero-order chi connectivity index (χ0) is 25.8. The lowest BCUT2D eigenvalue weighted by molar-refractivity contribution is 0.0727. The van der Waals surface area contributed by atoms with Crippen molar-refractivity contribution in [3.05, 3.63) is 58.7 Å². The first-order valence-corrected chi connectivity index (χ1v) is 13.3. The highest BCUT2D eigenvalue weighted by Gasteiger charge is 2.30. The highest BCUT2D eigenvalue weighted by atomic mass is 19.2. The Labute approximate surface area is 210 Å². The molecule has 36 heavy (non-hydrogen) atoms. The minimum Gasteiger partial charge on any atom is -0.505 e. The van der Waals surface area contributed by atoms with E-state index in [1.807, 2.05) is 6.92 Å². The van der Waals surface area contributed by atoms with Crippen molar-refractivity contribution < 1.29 is 32.5 Å². The largest absolute Gasteiger partial charge is 0.505 e. The number of hydrogen-bond acceptors (Lipinski definition) is 3. The van der Waals surface area contributed by atoms with Crippen LogP contribution >= 0.6 is 0 Å². The smallest absolute Gasteiger partial charge is 0.200 e. The Hall–Kier alpha value is -2.28. The van der Waals surface area contributed by atoms with Crippen molar-refractivity contribution in [3.8, 4) is 11.5 Å². The summed E-state index contributed by atoms with van der Waals surface area (Å²) in [5, 5.41) is 19.6. The molecule has 2 aromatic carbocycles. The van der Waals surface area contributed by atoms with Gasteiger partial charge in [-0.1, -0.05) is 25.5 Å². The monoisotopic (exact) mass is 508 g/mol. The van der Waals surface area contributed by atoms with E-state index in [1.165, 1.54) is 18.2 Å². The number of benzene rings is 2. The van der Waals surface area contributed by atoms with E-state index in [2.05, 4.69) is 0 Å². The zero-order valence-corrected chi connectivity index (χ0v) is 20.8. The first kappa shape index (κ1) is 26.8. The third-order valence-corrected chi connectivity index (χ3v) is 8.27. The molecule has 0 heterocycles. The lowest BCUT2D eigenvalue weighted by atomic mass is 9.76. The van der Waals surface area contributed by atoms with Gasteiger partial charge in [0, 0.05) is 0 Å². The van der Waals surface area contributed by atoms with Gasteiger partial charge in [0.05, 0.1) is 12.7 Å². The fourth-order valence-electron chi connectivity index (χ4n) is 6.04. The normalized spacial score (nSPS) is 25.5. The molecule has 4 rings (SSSR count). The van der Waals surface area contributed by atoms with Crippen molar-refractivity contribution in [1.82, 2.24) is 0 Å². The number of aliphatic hydroxyl groups is 1. The zero-order valence-electron chi connectivity index (χ0n) is 20.8. The van der Waals surface area contributed by atoms with Crippen LogP contribution in [0, 0.1) is 35.1 Å². The third kappa shape index (κ3) is 5.82. The lowest BCUT2D eigenvalue weighted by Crippen LogP contribution is -2.25. The maximum Gasteiger partial charge on any atom is 0.200 e. The van der Waals surface area contributed by atoms with E-state index in [0.29, 0.717) is 31.2 Å². The van der Waals surface area contributed by atoms with E-state index >= 15 is 0 Å². The van der Waals surface area contributed by atoms with Crippen LogP contribution in [0.4, 0.5) is 17.6 Å². The molecule has 198 valence electrons. The molecule has 0 amide bonds. The Morgan fingerprint density at radius 3 is 1.94 bits per heavy atom. The van der Waals surface area contributed by atoms with Gasteiger partial charge in [0.25, 0.3) is 0 Å². The molecule has 1 atom stereocenters. The topological polar surface area (TPSA) is 49.7 Å². The van der Waals surface area contributed by atoms with E-state index in [4.69, 9.17) is 4.74 Å². The number of aliphatic hydroxyl groups excluding tert-OH is 1. The Balaban J connectivity index is 1.30. The maximum absolute atomic E-state index is 14.9. The van der Waals surface area contributed by atoms with Crippen LogP contribution in [0.25, 0.3) is 0 Å². The Kier molecular flexibility index (Phi) is 8.81. The molecular formula is C29H36F4O3. The van der Waals surface area contributed by atoms with Crippen molar-refractivity contribution in [2.45, 2.75) is 89.1 Å². The van der Waals surface area contributed by atoms with Crippen LogP contribution in [-0.2, 0) is 0 Å². The fraction of sp³-hybridized carbons (Fsp3) is 0.586. The summed E-state index contributed by atoms with van der Waals surface area (Å²) in [4.78, 5) is 0. The Morgan fingerprint density at radius 2 is 1.33 bits per heavy atom. The van der Waals surface area contributed by atoms with Crippen LogP contribution in [0.3, 0.4) is 0 Å². The molecule has 0 aliphatic heterocycles. The molecule has 2 aliphatic carbocycles. The van der Waals surface area contributed by atoms with Crippen LogP contribution in [0.15, 0.2) is 24.3 Å². The molecule has 0 radical (unpaired) electrons. The first-order valence-electron chi connectivity index (χ1n) is 13.3. The molecule has 0 saturated heterocycles. The van der Waals surface area contributed by atoms with Crippen LogP contribution < -0.4 is 4.74 Å². The number of phenolic OH excluding ortho intramolecular Hbond substituents is 1. The molecule has 2 saturated carbocycles. The van der Waals surface area contributed by atoms with Gasteiger partial charge >= 0.3 is 0 Å². The average molecular weight is 509 g/mol. The maximum atomic E-state index is 14.9. The number of hydrogen-bond donors (Lipinski definition) is 2. The summed E-state index contributed by atoms with van der Waals surface area (Å²) in [6.45, 7) is 2.28. The van der Waals surface area contributed by atoms with Gasteiger partial charge in [-0.15, -0.1) is 0 Å². The van der Waals surface area contributed by atoms with Crippen molar-refractivity contribution in [3.63, 3.8) is 0 Å². The summed E-state index contributed by atoms with van der Waals surface area (Å²) in [5.74, 6) is -4.70. The van der Waals surface area contributed by atoms with Crippen molar-refractivity contribution in [2.24, 2.45) is 11.8 Å². The molecule has 0 aromatic heterocycles. The van der Waals surface area contributed by atoms with Crippen molar-refractivity contribution >= 4 is 0 Å². The van der Waals surface area contributed by atoms with Crippen molar-refractivity contribution in [1.29, 1.82) is 0 Å². The second kappa shape index (κ2) is 11.8. The van der Waals surface area contributed by atoms with Gasteiger partial charge in [-0.25, -0.2) is 8.78 Å². The summed E-state index contributed by atoms with van der Waals surface area (Å²) in [7, 11) is 0. The van der Waals surface area contributed by atoms with Crippen molar-refractivity contribution in [2.75, 3.05) is 6.61 Å². The first-order chi connectivity index (χ1) is 17.3. The lowest BCUT2D eigenvalue weighted by Gasteiger charge is -2.32. The van der Waals surface area contributed by atoms with Gasteiger partial charge in [-0.3, -0.25) is 0 Å². The minimum atomic E-state index is -1.22. The third-order valence-electron chi connectivity index (χ3n) is 8.27. The number of rotatable bonds is 8. The van der Waals surface area contributed by atoms with Gasteiger partial charge < -0.3 is 14.9 Å². The van der Waals surface area contributed by atoms with Gasteiger partial charge in [-0.2, -0.15) is 8.78 Å². The van der Waals surface area contributed by atoms with Crippen LogP contribution in [0.1, 0.15) is 94.1 Å². The summed E-state index contributed by atoms with van der Waals surface area (Å²) in [6, 6.07) is 5.73. The Morgan fingerprint density at radius 1 is 0.778 bits per heavy atom. The van der Waals surface area contributed by atoms with Crippen LogP contribution in [0.5, 0.6) is 11.5 Å². The number of ether oxygens (including phenoxy) is 1. The second-order valence-corrected chi connectivity index (χ2v) is 10.6. The molecule has 3 nitrogen and oxygen atoms in total. The summed E-state index contributed by atoms with van der Waals surface area (Å²) in [5.41, 5.74) is 0.647. The fourth-order valence-corrected chi connectivity index (χ4v) is 6.04. The Bertz CT molecular complexity index is 1030. The summed E-state index contributed by atoms with van der Waals surface area (Å²) < 4.78 is 63.3. The standard InChI is InChI=1S/C29H36F4O3/c1-2-3-23(34)20-10-8-19(9-11-20)22-13-15-25(29(33)27(22)31)36-16-17-4-6-18(7-5-17)21-12-14-24(35)28(32)26(21)30/h12-15,17-20,23,34-35H,2-11,16H2,1H3. The van der Waals surface area contributed by atoms with Gasteiger partial charge in [0.1, 0.15) is 0 Å². The van der Waals surface area contributed by atoms with E-state index < -0.39 is 29.0 Å². The van der Waals surface area contributed by atoms with E-state index in [0.717, 1.165) is 38.5 Å². The second-order valence-electron chi connectivity index (χ2n) is 10.6. The molecule has 0 spiro atoms. The van der Waals surface area contributed by atoms with E-state index in [-0.39, 0.29) is 47.7 Å². The molecule has 1 unspecified atom stereocenters. The molecule has 2 fully saturated rings. The van der Waals surface area contributed by atoms with E-state index in [1.54, 1.807) is 6.07 Å². The predicted octanol–water partition coefficient (Wildman–Crippen LogP) is 7.74. The van der Waals surface area contributed by atoms with Gasteiger partial charge in [0.15, 0.2) is 23.1 Å². The molecule has 2 aliphatic rings. The average Bonchev–Trinajstić information content (AvgIpc) is 2.89. The van der Waals surface area contributed by atoms with Gasteiger partial charge in [-0.05, 0) is 105 Å². The van der Waals surface area contributed by atoms with Gasteiger partial charge in [0.2, 0.25) is 11.6 Å². The molecular weight excluding hydrogens is 472 g/mol. The quantitative estimate of drug-likeness (QED) is 0.359. The number of phenols is 1.